The van der Waals surface area contributed by atoms with Crippen LogP contribution in [0.2, 0.25) is 0 Å². The molecule has 0 amide bonds. The van der Waals surface area contributed by atoms with Crippen molar-refractivity contribution < 1.29 is 27.4 Å². The molecule has 2 unspecified atom stereocenters. The maximum atomic E-state index is 12.3. The highest BCUT2D eigenvalue weighted by molar-refractivity contribution is 4.78. The molecule has 0 spiro atoms. The Kier molecular flexibility index (Phi) is 3.95. The first-order valence-electron chi connectivity index (χ1n) is 5.88. The summed E-state index contributed by atoms with van der Waals surface area (Å²) in [4.78, 5) is 0. The molecular weight excluding hydrogens is 237 g/mol. The van der Waals surface area contributed by atoms with E-state index in [4.69, 9.17) is 14.2 Å². The van der Waals surface area contributed by atoms with Gasteiger partial charge in [-0.3, -0.25) is 0 Å². The zero-order valence-corrected chi connectivity index (χ0v) is 9.70. The van der Waals surface area contributed by atoms with E-state index in [1.807, 2.05) is 0 Å². The number of hydrogen-bond donors (Lipinski definition) is 0. The van der Waals surface area contributed by atoms with Gasteiger partial charge in [0.25, 0.3) is 6.29 Å². The van der Waals surface area contributed by atoms with Crippen molar-refractivity contribution in [1.82, 2.24) is 0 Å². The SMILES string of the molecule is CC1CCC(C2COC(C(F)(F)F)OC2)OC1. The van der Waals surface area contributed by atoms with E-state index in [0.717, 1.165) is 12.8 Å². The van der Waals surface area contributed by atoms with Gasteiger partial charge in [-0.05, 0) is 18.8 Å². The average molecular weight is 254 g/mol. The van der Waals surface area contributed by atoms with E-state index in [0.29, 0.717) is 12.5 Å². The second-order valence-electron chi connectivity index (χ2n) is 4.85. The minimum absolute atomic E-state index is 0.0274. The molecule has 2 aliphatic heterocycles. The van der Waals surface area contributed by atoms with Gasteiger partial charge in [-0.1, -0.05) is 6.92 Å². The fourth-order valence-electron chi connectivity index (χ4n) is 2.20. The second kappa shape index (κ2) is 5.12. The number of halogens is 3. The van der Waals surface area contributed by atoms with Crippen molar-refractivity contribution in [2.24, 2.45) is 11.8 Å². The van der Waals surface area contributed by atoms with Crippen LogP contribution in [0.3, 0.4) is 0 Å². The van der Waals surface area contributed by atoms with Crippen molar-refractivity contribution >= 4 is 0 Å². The third-order valence-electron chi connectivity index (χ3n) is 3.26. The molecule has 2 heterocycles. The standard InChI is InChI=1S/C11H17F3O3/c1-7-2-3-9(15-4-7)8-5-16-10(17-6-8)11(12,13)14/h7-10H,2-6H2,1H3. The summed E-state index contributed by atoms with van der Waals surface area (Å²) in [6, 6.07) is 0. The normalized spacial score (nSPS) is 40.2. The van der Waals surface area contributed by atoms with Gasteiger partial charge < -0.3 is 14.2 Å². The van der Waals surface area contributed by atoms with Crippen LogP contribution in [-0.2, 0) is 14.2 Å². The number of rotatable bonds is 1. The number of hydrogen-bond acceptors (Lipinski definition) is 3. The van der Waals surface area contributed by atoms with Gasteiger partial charge in [0.1, 0.15) is 0 Å². The third kappa shape index (κ3) is 3.33. The van der Waals surface area contributed by atoms with Gasteiger partial charge in [0.15, 0.2) is 0 Å². The van der Waals surface area contributed by atoms with Crippen molar-refractivity contribution in [2.45, 2.75) is 38.3 Å². The molecule has 2 atom stereocenters. The Labute approximate surface area is 98.2 Å². The Morgan fingerprint density at radius 1 is 0.941 bits per heavy atom. The van der Waals surface area contributed by atoms with E-state index in [-0.39, 0.29) is 25.2 Å². The smallest absolute Gasteiger partial charge is 0.377 e. The molecule has 2 fully saturated rings. The van der Waals surface area contributed by atoms with E-state index in [9.17, 15) is 13.2 Å². The summed E-state index contributed by atoms with van der Waals surface area (Å²) in [6.07, 6.45) is -4.62. The minimum Gasteiger partial charge on any atom is -0.377 e. The van der Waals surface area contributed by atoms with E-state index >= 15 is 0 Å². The van der Waals surface area contributed by atoms with Gasteiger partial charge >= 0.3 is 6.18 Å². The predicted octanol–water partition coefficient (Wildman–Crippen LogP) is 2.35. The third-order valence-corrected chi connectivity index (χ3v) is 3.26. The van der Waals surface area contributed by atoms with Crippen LogP contribution in [0.5, 0.6) is 0 Å². The van der Waals surface area contributed by atoms with E-state index in [1.54, 1.807) is 0 Å². The van der Waals surface area contributed by atoms with Crippen LogP contribution >= 0.6 is 0 Å². The van der Waals surface area contributed by atoms with Gasteiger partial charge in [0, 0.05) is 12.5 Å². The molecule has 0 N–H and O–H groups in total. The lowest BCUT2D eigenvalue weighted by Gasteiger charge is -2.37. The van der Waals surface area contributed by atoms with Crippen LogP contribution < -0.4 is 0 Å². The lowest BCUT2D eigenvalue weighted by Crippen LogP contribution is -2.46. The summed E-state index contributed by atoms with van der Waals surface area (Å²) < 4.78 is 51.9. The highest BCUT2D eigenvalue weighted by Crippen LogP contribution is 2.31. The van der Waals surface area contributed by atoms with Crippen molar-refractivity contribution in [3.63, 3.8) is 0 Å². The van der Waals surface area contributed by atoms with Crippen LogP contribution in [0.25, 0.3) is 0 Å². The Bertz CT molecular complexity index is 241. The number of alkyl halides is 3. The molecule has 17 heavy (non-hydrogen) atoms. The maximum Gasteiger partial charge on any atom is 0.440 e. The van der Waals surface area contributed by atoms with Crippen molar-refractivity contribution in [2.75, 3.05) is 19.8 Å². The molecule has 6 heteroatoms. The molecule has 0 bridgehead atoms. The molecule has 2 aliphatic rings. The second-order valence-corrected chi connectivity index (χ2v) is 4.85. The molecule has 100 valence electrons. The topological polar surface area (TPSA) is 27.7 Å². The van der Waals surface area contributed by atoms with Gasteiger partial charge in [0.05, 0.1) is 19.3 Å². The monoisotopic (exact) mass is 254 g/mol. The van der Waals surface area contributed by atoms with Gasteiger partial charge in [-0.15, -0.1) is 0 Å². The molecule has 0 aromatic heterocycles. The molecule has 3 nitrogen and oxygen atoms in total. The van der Waals surface area contributed by atoms with Gasteiger partial charge in [0.2, 0.25) is 0 Å². The molecule has 2 saturated heterocycles. The first kappa shape index (κ1) is 13.1. The summed E-state index contributed by atoms with van der Waals surface area (Å²) in [7, 11) is 0. The van der Waals surface area contributed by atoms with Crippen LogP contribution in [0.15, 0.2) is 0 Å². The highest BCUT2D eigenvalue weighted by Gasteiger charge is 2.45. The summed E-state index contributed by atoms with van der Waals surface area (Å²) in [5, 5.41) is 0. The lowest BCUT2D eigenvalue weighted by molar-refractivity contribution is -0.340. The Hall–Kier alpha value is -0.330. The van der Waals surface area contributed by atoms with Crippen LogP contribution in [0, 0.1) is 11.8 Å². The Morgan fingerprint density at radius 3 is 2.06 bits per heavy atom. The summed E-state index contributed by atoms with van der Waals surface area (Å²) in [6.45, 7) is 2.89. The molecule has 0 aromatic carbocycles. The van der Waals surface area contributed by atoms with Crippen LogP contribution in [-0.4, -0.2) is 38.4 Å². The summed E-state index contributed by atoms with van der Waals surface area (Å²) in [5.74, 6) is 0.445. The summed E-state index contributed by atoms with van der Waals surface area (Å²) in [5.41, 5.74) is 0. The van der Waals surface area contributed by atoms with Crippen LogP contribution in [0.1, 0.15) is 19.8 Å². The van der Waals surface area contributed by atoms with Crippen molar-refractivity contribution in [3.8, 4) is 0 Å². The zero-order chi connectivity index (χ0) is 12.5. The number of ether oxygens (including phenoxy) is 3. The minimum atomic E-state index is -4.44. The molecule has 0 radical (unpaired) electrons. The fraction of sp³-hybridized carbons (Fsp3) is 1.00. The Morgan fingerprint density at radius 2 is 1.59 bits per heavy atom. The maximum absolute atomic E-state index is 12.3. The fourth-order valence-corrected chi connectivity index (χ4v) is 2.20. The lowest BCUT2D eigenvalue weighted by atomic mass is 9.92. The quantitative estimate of drug-likeness (QED) is 0.719. The van der Waals surface area contributed by atoms with Crippen molar-refractivity contribution in [1.29, 1.82) is 0 Å². The molecule has 0 saturated carbocycles. The van der Waals surface area contributed by atoms with Gasteiger partial charge in [-0.25, -0.2) is 0 Å². The van der Waals surface area contributed by atoms with E-state index in [1.165, 1.54) is 0 Å². The Balaban J connectivity index is 1.79. The van der Waals surface area contributed by atoms with Crippen LogP contribution in [0.4, 0.5) is 13.2 Å². The van der Waals surface area contributed by atoms with E-state index < -0.39 is 12.5 Å². The highest BCUT2D eigenvalue weighted by atomic mass is 19.4. The van der Waals surface area contributed by atoms with E-state index in [2.05, 4.69) is 6.92 Å². The summed E-state index contributed by atoms with van der Waals surface area (Å²) >= 11 is 0. The zero-order valence-electron chi connectivity index (χ0n) is 9.70. The van der Waals surface area contributed by atoms with Crippen molar-refractivity contribution in [3.05, 3.63) is 0 Å². The predicted molar refractivity (Wildman–Crippen MR) is 53.4 cm³/mol. The average Bonchev–Trinajstić information content (AvgIpc) is 2.29. The molecule has 0 aromatic rings. The van der Waals surface area contributed by atoms with Gasteiger partial charge in [-0.2, -0.15) is 13.2 Å². The largest absolute Gasteiger partial charge is 0.440 e. The molecular formula is C11H17F3O3. The molecule has 2 rings (SSSR count). The first-order chi connectivity index (χ1) is 7.97. The molecule has 0 aliphatic carbocycles. The first-order valence-corrected chi connectivity index (χ1v) is 5.88.